The van der Waals surface area contributed by atoms with Crippen LogP contribution in [0, 0.1) is 0 Å². The van der Waals surface area contributed by atoms with Crippen LogP contribution in [-0.2, 0) is 13.1 Å². The number of hydrogen-bond acceptors (Lipinski definition) is 3. The van der Waals surface area contributed by atoms with E-state index in [2.05, 4.69) is 29.3 Å². The van der Waals surface area contributed by atoms with Gasteiger partial charge >= 0.3 is 0 Å². The van der Waals surface area contributed by atoms with E-state index in [0.29, 0.717) is 6.54 Å². The van der Waals surface area contributed by atoms with Crippen molar-refractivity contribution in [1.29, 1.82) is 0 Å². The average molecular weight is 269 g/mol. The molecule has 2 aromatic heterocycles. The Bertz CT molecular complexity index is 723. The molecule has 1 unspecified atom stereocenters. The summed E-state index contributed by atoms with van der Waals surface area (Å²) in [5.41, 5.74) is 9.12. The molecule has 0 aliphatic carbocycles. The van der Waals surface area contributed by atoms with Gasteiger partial charge < -0.3 is 5.73 Å². The molecule has 0 radical (unpaired) electrons. The third-order valence-corrected chi connectivity index (χ3v) is 3.52. The molecule has 0 spiro atoms. The van der Waals surface area contributed by atoms with Gasteiger partial charge in [0.2, 0.25) is 0 Å². The van der Waals surface area contributed by atoms with Gasteiger partial charge in [0.05, 0.1) is 24.0 Å². The van der Waals surface area contributed by atoms with Crippen LogP contribution in [0.5, 0.6) is 0 Å². The molecule has 0 saturated heterocycles. The van der Waals surface area contributed by atoms with Gasteiger partial charge in [0.25, 0.3) is 0 Å². The first-order chi connectivity index (χ1) is 9.69. The van der Waals surface area contributed by atoms with Gasteiger partial charge in [-0.3, -0.25) is 9.36 Å². The summed E-state index contributed by atoms with van der Waals surface area (Å²) in [5, 5.41) is 10.2. The Hall–Kier alpha value is -2.14. The third-order valence-electron chi connectivity index (χ3n) is 3.52. The molecule has 0 bridgehead atoms. The molecule has 0 aliphatic heterocycles. The normalized spacial score (nSPS) is 12.9. The average Bonchev–Trinajstić information content (AvgIpc) is 3.05. The van der Waals surface area contributed by atoms with Crippen molar-refractivity contribution in [3.05, 3.63) is 47.9 Å². The van der Waals surface area contributed by atoms with E-state index in [9.17, 15) is 0 Å². The lowest BCUT2D eigenvalue weighted by molar-refractivity contribution is 0.627. The summed E-state index contributed by atoms with van der Waals surface area (Å²) in [7, 11) is 0. The Morgan fingerprint density at radius 3 is 2.80 bits per heavy atom. The fraction of sp³-hybridized carbons (Fsp3) is 0.333. The maximum absolute atomic E-state index is 5.86. The second-order valence-electron chi connectivity index (χ2n) is 5.04. The predicted octanol–water partition coefficient (Wildman–Crippen LogP) is 2.32. The SMILES string of the molecule is CCn1nc(Cn2cc(C(C)N)cn2)c2ccccc21. The van der Waals surface area contributed by atoms with Crippen LogP contribution in [0.25, 0.3) is 10.9 Å². The molecule has 2 N–H and O–H groups in total. The fourth-order valence-corrected chi connectivity index (χ4v) is 2.41. The van der Waals surface area contributed by atoms with E-state index in [0.717, 1.165) is 17.8 Å². The Kier molecular flexibility index (Phi) is 3.28. The molecule has 2 heterocycles. The van der Waals surface area contributed by atoms with Crippen LogP contribution < -0.4 is 5.73 Å². The van der Waals surface area contributed by atoms with Gasteiger partial charge in [-0.15, -0.1) is 0 Å². The molecule has 1 aromatic carbocycles. The molecule has 0 fully saturated rings. The topological polar surface area (TPSA) is 61.7 Å². The standard InChI is InChI=1S/C15H19N5/c1-3-20-15-7-5-4-6-13(15)14(18-20)10-19-9-12(8-17-19)11(2)16/h4-9,11H,3,10,16H2,1-2H3. The zero-order chi connectivity index (χ0) is 14.1. The van der Waals surface area contributed by atoms with E-state index in [1.54, 1.807) is 0 Å². The minimum atomic E-state index is 0.00805. The Morgan fingerprint density at radius 1 is 1.30 bits per heavy atom. The van der Waals surface area contributed by atoms with Crippen molar-refractivity contribution in [2.24, 2.45) is 5.73 Å². The van der Waals surface area contributed by atoms with Crippen molar-refractivity contribution in [3.8, 4) is 0 Å². The highest BCUT2D eigenvalue weighted by Gasteiger charge is 2.10. The Balaban J connectivity index is 1.97. The molecule has 104 valence electrons. The van der Waals surface area contributed by atoms with Crippen LogP contribution >= 0.6 is 0 Å². The number of fused-ring (bicyclic) bond motifs is 1. The summed E-state index contributed by atoms with van der Waals surface area (Å²) < 4.78 is 3.92. The summed E-state index contributed by atoms with van der Waals surface area (Å²) in [6.07, 6.45) is 3.81. The van der Waals surface area contributed by atoms with Gasteiger partial charge in [0.1, 0.15) is 0 Å². The molecule has 20 heavy (non-hydrogen) atoms. The van der Waals surface area contributed by atoms with Crippen LogP contribution in [-0.4, -0.2) is 19.6 Å². The van der Waals surface area contributed by atoms with Crippen molar-refractivity contribution >= 4 is 10.9 Å². The highest BCUT2D eigenvalue weighted by molar-refractivity contribution is 5.81. The molecule has 3 aromatic rings. The lowest BCUT2D eigenvalue weighted by Crippen LogP contribution is -2.05. The van der Waals surface area contributed by atoms with E-state index in [1.165, 1.54) is 10.9 Å². The zero-order valence-electron chi connectivity index (χ0n) is 11.8. The molecule has 1 atom stereocenters. The molecule has 0 saturated carbocycles. The van der Waals surface area contributed by atoms with Crippen LogP contribution in [0.2, 0.25) is 0 Å². The van der Waals surface area contributed by atoms with Crippen LogP contribution in [0.3, 0.4) is 0 Å². The van der Waals surface area contributed by atoms with Gasteiger partial charge in [-0.1, -0.05) is 18.2 Å². The van der Waals surface area contributed by atoms with Gasteiger partial charge in [0, 0.05) is 29.7 Å². The van der Waals surface area contributed by atoms with E-state index < -0.39 is 0 Å². The summed E-state index contributed by atoms with van der Waals surface area (Å²) in [5.74, 6) is 0. The smallest absolute Gasteiger partial charge is 0.0918 e. The van der Waals surface area contributed by atoms with Crippen molar-refractivity contribution in [2.45, 2.75) is 33.0 Å². The lowest BCUT2D eigenvalue weighted by atomic mass is 10.2. The molecule has 0 aliphatic rings. The summed E-state index contributed by atoms with van der Waals surface area (Å²) in [6, 6.07) is 8.31. The minimum absolute atomic E-state index is 0.00805. The van der Waals surface area contributed by atoms with E-state index >= 15 is 0 Å². The van der Waals surface area contributed by atoms with Crippen molar-refractivity contribution in [2.75, 3.05) is 0 Å². The van der Waals surface area contributed by atoms with Gasteiger partial charge in [-0.25, -0.2) is 0 Å². The van der Waals surface area contributed by atoms with Crippen LogP contribution in [0.4, 0.5) is 0 Å². The molecular weight excluding hydrogens is 250 g/mol. The quantitative estimate of drug-likeness (QED) is 0.790. The summed E-state index contributed by atoms with van der Waals surface area (Å²) in [4.78, 5) is 0. The number of benzene rings is 1. The van der Waals surface area contributed by atoms with E-state index in [-0.39, 0.29) is 6.04 Å². The fourth-order valence-electron chi connectivity index (χ4n) is 2.41. The molecule has 5 heteroatoms. The van der Waals surface area contributed by atoms with E-state index in [1.807, 2.05) is 40.8 Å². The van der Waals surface area contributed by atoms with Crippen LogP contribution in [0.1, 0.15) is 31.1 Å². The number of para-hydroxylation sites is 1. The first kappa shape index (κ1) is 12.9. The maximum Gasteiger partial charge on any atom is 0.0918 e. The lowest BCUT2D eigenvalue weighted by Gasteiger charge is -2.00. The maximum atomic E-state index is 5.86. The van der Waals surface area contributed by atoms with Crippen molar-refractivity contribution in [3.63, 3.8) is 0 Å². The third kappa shape index (κ3) is 2.20. The Labute approximate surface area is 118 Å². The monoisotopic (exact) mass is 269 g/mol. The molecule has 5 nitrogen and oxygen atoms in total. The Morgan fingerprint density at radius 2 is 2.10 bits per heavy atom. The molecular formula is C15H19N5. The first-order valence-corrected chi connectivity index (χ1v) is 6.91. The number of hydrogen-bond donors (Lipinski definition) is 1. The van der Waals surface area contributed by atoms with Crippen LogP contribution in [0.15, 0.2) is 36.7 Å². The number of aryl methyl sites for hydroxylation is 1. The number of aromatic nitrogens is 4. The number of nitrogens with zero attached hydrogens (tertiary/aromatic N) is 4. The van der Waals surface area contributed by atoms with Gasteiger partial charge in [-0.05, 0) is 19.9 Å². The van der Waals surface area contributed by atoms with Crippen molar-refractivity contribution in [1.82, 2.24) is 19.6 Å². The van der Waals surface area contributed by atoms with Crippen molar-refractivity contribution < 1.29 is 0 Å². The van der Waals surface area contributed by atoms with Gasteiger partial charge in [-0.2, -0.15) is 10.2 Å². The minimum Gasteiger partial charge on any atom is -0.324 e. The highest BCUT2D eigenvalue weighted by Crippen LogP contribution is 2.19. The second kappa shape index (κ2) is 5.09. The van der Waals surface area contributed by atoms with Gasteiger partial charge in [0.15, 0.2) is 0 Å². The summed E-state index contributed by atoms with van der Waals surface area (Å²) in [6.45, 7) is 5.60. The van der Waals surface area contributed by atoms with E-state index in [4.69, 9.17) is 5.73 Å². The number of nitrogens with two attached hydrogens (primary N) is 1. The number of rotatable bonds is 4. The highest BCUT2D eigenvalue weighted by atomic mass is 15.3. The second-order valence-corrected chi connectivity index (χ2v) is 5.04. The molecule has 0 amide bonds. The molecule has 3 rings (SSSR count). The largest absolute Gasteiger partial charge is 0.324 e. The predicted molar refractivity (Wildman–Crippen MR) is 79.3 cm³/mol. The first-order valence-electron chi connectivity index (χ1n) is 6.91. The zero-order valence-corrected chi connectivity index (χ0v) is 11.8. The summed E-state index contributed by atoms with van der Waals surface area (Å²) >= 11 is 0.